The van der Waals surface area contributed by atoms with Gasteiger partial charge in [-0.25, -0.2) is 0 Å². The van der Waals surface area contributed by atoms with Gasteiger partial charge in [-0.15, -0.1) is 0 Å². The Morgan fingerprint density at radius 2 is 2.12 bits per heavy atom. The van der Waals surface area contributed by atoms with Crippen molar-refractivity contribution in [1.29, 1.82) is 0 Å². The monoisotopic (exact) mass is 234 g/mol. The molecule has 1 rings (SSSR count). The van der Waals surface area contributed by atoms with Gasteiger partial charge in [0.05, 0.1) is 0 Å². The van der Waals surface area contributed by atoms with Crippen molar-refractivity contribution in [2.75, 3.05) is 6.54 Å². The van der Waals surface area contributed by atoms with E-state index in [0.29, 0.717) is 25.4 Å². The van der Waals surface area contributed by atoms with Gasteiger partial charge in [0, 0.05) is 19.5 Å². The normalized spacial score (nSPS) is 10.6. The van der Waals surface area contributed by atoms with Crippen LogP contribution in [0.3, 0.4) is 0 Å². The molecule has 1 aromatic carbocycles. The van der Waals surface area contributed by atoms with Crippen LogP contribution >= 0.6 is 0 Å². The van der Waals surface area contributed by atoms with Crippen molar-refractivity contribution in [3.8, 4) is 0 Å². The van der Waals surface area contributed by atoms with E-state index in [9.17, 15) is 4.79 Å². The largest absolute Gasteiger partial charge is 0.352 e. The fourth-order valence-corrected chi connectivity index (χ4v) is 1.65. The van der Waals surface area contributed by atoms with Gasteiger partial charge in [0.15, 0.2) is 0 Å². The highest BCUT2D eigenvalue weighted by Crippen LogP contribution is 2.18. The Balaban J connectivity index is 2.69. The lowest BCUT2D eigenvalue weighted by atomic mass is 9.98. The van der Waals surface area contributed by atoms with Crippen LogP contribution < -0.4 is 11.1 Å². The minimum atomic E-state index is 0.0156. The fourth-order valence-electron chi connectivity index (χ4n) is 1.65. The SMILES string of the molecule is Cc1ccc(C(C)C)cc1CNC(=O)CCN. The van der Waals surface area contributed by atoms with E-state index in [0.717, 1.165) is 0 Å². The average Bonchev–Trinajstić information content (AvgIpc) is 2.28. The molecule has 3 heteroatoms. The number of carbonyl (C=O) groups is 1. The van der Waals surface area contributed by atoms with Crippen molar-refractivity contribution in [1.82, 2.24) is 5.32 Å². The van der Waals surface area contributed by atoms with E-state index < -0.39 is 0 Å². The van der Waals surface area contributed by atoms with Gasteiger partial charge in [-0.2, -0.15) is 0 Å². The zero-order valence-electron chi connectivity index (χ0n) is 10.9. The highest BCUT2D eigenvalue weighted by molar-refractivity contribution is 5.76. The van der Waals surface area contributed by atoms with Gasteiger partial charge in [-0.3, -0.25) is 4.79 Å². The summed E-state index contributed by atoms with van der Waals surface area (Å²) in [5, 5.41) is 2.89. The molecular weight excluding hydrogens is 212 g/mol. The molecule has 0 radical (unpaired) electrons. The van der Waals surface area contributed by atoms with Gasteiger partial charge in [0.25, 0.3) is 0 Å². The summed E-state index contributed by atoms with van der Waals surface area (Å²) in [5.41, 5.74) is 9.03. The van der Waals surface area contributed by atoms with E-state index in [1.807, 2.05) is 0 Å². The number of amides is 1. The second-order valence-electron chi connectivity index (χ2n) is 4.66. The molecule has 0 bridgehead atoms. The van der Waals surface area contributed by atoms with Crippen LogP contribution in [0.15, 0.2) is 18.2 Å². The third kappa shape index (κ3) is 4.19. The molecule has 0 aliphatic carbocycles. The molecule has 3 N–H and O–H groups in total. The van der Waals surface area contributed by atoms with Crippen molar-refractivity contribution in [3.63, 3.8) is 0 Å². The Bertz CT molecular complexity index is 386. The standard InChI is InChI=1S/C14H22N2O/c1-10(2)12-5-4-11(3)13(8-12)9-16-14(17)6-7-15/h4-5,8,10H,6-7,9,15H2,1-3H3,(H,16,17). The van der Waals surface area contributed by atoms with E-state index in [1.165, 1.54) is 16.7 Å². The summed E-state index contributed by atoms with van der Waals surface area (Å²) in [6, 6.07) is 6.42. The van der Waals surface area contributed by atoms with Gasteiger partial charge >= 0.3 is 0 Å². The second kappa shape index (κ2) is 6.40. The first-order valence-electron chi connectivity index (χ1n) is 6.10. The maximum Gasteiger partial charge on any atom is 0.221 e. The van der Waals surface area contributed by atoms with Crippen LogP contribution in [0.2, 0.25) is 0 Å². The lowest BCUT2D eigenvalue weighted by Gasteiger charge is -2.12. The summed E-state index contributed by atoms with van der Waals surface area (Å²) in [6.45, 7) is 7.39. The molecule has 0 fully saturated rings. The van der Waals surface area contributed by atoms with Crippen molar-refractivity contribution in [2.24, 2.45) is 5.73 Å². The average molecular weight is 234 g/mol. The lowest BCUT2D eigenvalue weighted by Crippen LogP contribution is -2.25. The van der Waals surface area contributed by atoms with Crippen LogP contribution in [0.1, 0.15) is 42.9 Å². The number of carbonyl (C=O) groups excluding carboxylic acids is 1. The van der Waals surface area contributed by atoms with Crippen LogP contribution in [0.25, 0.3) is 0 Å². The predicted molar refractivity (Wildman–Crippen MR) is 70.8 cm³/mol. The van der Waals surface area contributed by atoms with Gasteiger partial charge in [-0.05, 0) is 29.5 Å². The third-order valence-electron chi connectivity index (χ3n) is 2.89. The predicted octanol–water partition coefficient (Wildman–Crippen LogP) is 2.08. The van der Waals surface area contributed by atoms with Crippen LogP contribution in [-0.4, -0.2) is 12.5 Å². The molecule has 1 aromatic rings. The van der Waals surface area contributed by atoms with E-state index in [2.05, 4.69) is 44.3 Å². The molecule has 0 heterocycles. The van der Waals surface area contributed by atoms with Gasteiger partial charge in [0.2, 0.25) is 5.91 Å². The molecule has 0 saturated heterocycles. The van der Waals surface area contributed by atoms with E-state index in [4.69, 9.17) is 5.73 Å². The Morgan fingerprint density at radius 1 is 1.41 bits per heavy atom. The first-order chi connectivity index (χ1) is 8.04. The van der Waals surface area contributed by atoms with Gasteiger partial charge < -0.3 is 11.1 Å². The van der Waals surface area contributed by atoms with Crippen molar-refractivity contribution in [3.05, 3.63) is 34.9 Å². The van der Waals surface area contributed by atoms with Gasteiger partial charge in [-0.1, -0.05) is 32.0 Å². The van der Waals surface area contributed by atoms with Crippen LogP contribution in [-0.2, 0) is 11.3 Å². The smallest absolute Gasteiger partial charge is 0.221 e. The number of benzene rings is 1. The highest BCUT2D eigenvalue weighted by atomic mass is 16.1. The van der Waals surface area contributed by atoms with Crippen molar-refractivity contribution in [2.45, 2.75) is 39.7 Å². The molecule has 0 saturated carbocycles. The highest BCUT2D eigenvalue weighted by Gasteiger charge is 2.05. The number of nitrogens with one attached hydrogen (secondary N) is 1. The Morgan fingerprint density at radius 3 is 2.71 bits per heavy atom. The number of aryl methyl sites for hydroxylation is 1. The molecule has 0 spiro atoms. The molecular formula is C14H22N2O. The fraction of sp³-hybridized carbons (Fsp3) is 0.500. The third-order valence-corrected chi connectivity index (χ3v) is 2.89. The maximum absolute atomic E-state index is 11.4. The molecule has 3 nitrogen and oxygen atoms in total. The summed E-state index contributed by atoms with van der Waals surface area (Å²) in [4.78, 5) is 11.4. The first kappa shape index (κ1) is 13.7. The van der Waals surface area contributed by atoms with E-state index in [1.54, 1.807) is 0 Å². The molecule has 0 aromatic heterocycles. The van der Waals surface area contributed by atoms with Crippen LogP contribution in [0, 0.1) is 6.92 Å². The summed E-state index contributed by atoms with van der Waals surface area (Å²) in [5.74, 6) is 0.524. The summed E-state index contributed by atoms with van der Waals surface area (Å²) >= 11 is 0. The zero-order chi connectivity index (χ0) is 12.8. The molecule has 0 aliphatic rings. The number of nitrogens with two attached hydrogens (primary N) is 1. The van der Waals surface area contributed by atoms with Gasteiger partial charge in [0.1, 0.15) is 0 Å². The Kier molecular flexibility index (Phi) is 5.16. The maximum atomic E-state index is 11.4. The Labute approximate surface area is 103 Å². The molecule has 94 valence electrons. The molecule has 0 aliphatic heterocycles. The topological polar surface area (TPSA) is 55.1 Å². The quantitative estimate of drug-likeness (QED) is 0.819. The molecule has 0 atom stereocenters. The number of hydrogen-bond donors (Lipinski definition) is 2. The zero-order valence-corrected chi connectivity index (χ0v) is 10.9. The molecule has 0 unspecified atom stereocenters. The lowest BCUT2D eigenvalue weighted by molar-refractivity contribution is -0.121. The second-order valence-corrected chi connectivity index (χ2v) is 4.66. The van der Waals surface area contributed by atoms with Crippen LogP contribution in [0.5, 0.6) is 0 Å². The summed E-state index contributed by atoms with van der Waals surface area (Å²) < 4.78 is 0. The van der Waals surface area contributed by atoms with E-state index in [-0.39, 0.29) is 5.91 Å². The van der Waals surface area contributed by atoms with E-state index >= 15 is 0 Å². The molecule has 1 amide bonds. The summed E-state index contributed by atoms with van der Waals surface area (Å²) in [7, 11) is 0. The van der Waals surface area contributed by atoms with Crippen molar-refractivity contribution >= 4 is 5.91 Å². The minimum Gasteiger partial charge on any atom is -0.352 e. The summed E-state index contributed by atoms with van der Waals surface area (Å²) in [6.07, 6.45) is 0.392. The Hall–Kier alpha value is -1.35. The van der Waals surface area contributed by atoms with Crippen molar-refractivity contribution < 1.29 is 4.79 Å². The number of hydrogen-bond acceptors (Lipinski definition) is 2. The minimum absolute atomic E-state index is 0.0156. The molecule has 17 heavy (non-hydrogen) atoms. The number of rotatable bonds is 5. The first-order valence-corrected chi connectivity index (χ1v) is 6.10. The van der Waals surface area contributed by atoms with Crippen LogP contribution in [0.4, 0.5) is 0 Å².